The molecule has 0 aliphatic carbocycles. The lowest BCUT2D eigenvalue weighted by Gasteiger charge is -2.31. The third-order valence-electron chi connectivity index (χ3n) is 6.35. The predicted molar refractivity (Wildman–Crippen MR) is 127 cm³/mol. The summed E-state index contributed by atoms with van der Waals surface area (Å²) < 4.78 is 38.2. The second kappa shape index (κ2) is 10.6. The number of hydrogen-bond acceptors (Lipinski definition) is 5. The molecule has 0 spiro atoms. The Morgan fingerprint density at radius 2 is 1.76 bits per heavy atom. The summed E-state index contributed by atoms with van der Waals surface area (Å²) in [5, 5.41) is 3.08. The van der Waals surface area contributed by atoms with Gasteiger partial charge in [-0.15, -0.1) is 0 Å². The first-order chi connectivity index (χ1) is 15.9. The zero-order chi connectivity index (χ0) is 23.3. The number of nitrogens with zero attached hydrogens (tertiary/aromatic N) is 1. The van der Waals surface area contributed by atoms with Crippen LogP contribution in [0.1, 0.15) is 43.4 Å². The number of piperidine rings is 1. The molecule has 1 N–H and O–H groups in total. The molecule has 1 atom stereocenters. The third-order valence-corrected chi connectivity index (χ3v) is 8.31. The van der Waals surface area contributed by atoms with Crippen molar-refractivity contribution in [3.05, 3.63) is 59.7 Å². The van der Waals surface area contributed by atoms with Gasteiger partial charge in [-0.05, 0) is 55.9 Å². The molecule has 0 bridgehead atoms. The van der Waals surface area contributed by atoms with Gasteiger partial charge in [-0.3, -0.25) is 4.79 Å². The Balaban J connectivity index is 1.24. The van der Waals surface area contributed by atoms with Crippen molar-refractivity contribution in [3.8, 4) is 11.5 Å². The van der Waals surface area contributed by atoms with Crippen molar-refractivity contribution in [3.63, 3.8) is 0 Å². The number of benzene rings is 2. The predicted octanol–water partition coefficient (Wildman–Crippen LogP) is 3.31. The van der Waals surface area contributed by atoms with Gasteiger partial charge in [0, 0.05) is 19.0 Å². The highest BCUT2D eigenvalue weighted by Gasteiger charge is 2.31. The van der Waals surface area contributed by atoms with Crippen molar-refractivity contribution in [2.45, 2.75) is 38.6 Å². The molecule has 4 rings (SSSR count). The minimum Gasteiger partial charge on any atom is -0.486 e. The molecular formula is C25H32N2O5S. The van der Waals surface area contributed by atoms with E-state index in [1.807, 2.05) is 55.5 Å². The molecule has 1 amide bonds. The number of nitrogens with one attached hydrogen (secondary N) is 1. The SMILES string of the molecule is C[C@@H](NC(=O)C1CCN(S(=O)(=O)CCCc2ccccc2)CC1)c1ccc2c(c1)OCCO2. The van der Waals surface area contributed by atoms with E-state index in [0.29, 0.717) is 51.3 Å². The molecular weight excluding hydrogens is 440 g/mol. The second-order valence-electron chi connectivity index (χ2n) is 8.71. The second-order valence-corrected chi connectivity index (χ2v) is 10.8. The highest BCUT2D eigenvalue weighted by Crippen LogP contribution is 2.32. The molecule has 2 aliphatic rings. The van der Waals surface area contributed by atoms with Crippen molar-refractivity contribution in [1.82, 2.24) is 9.62 Å². The molecule has 0 unspecified atom stereocenters. The van der Waals surface area contributed by atoms with Crippen molar-refractivity contribution < 1.29 is 22.7 Å². The topological polar surface area (TPSA) is 84.9 Å². The van der Waals surface area contributed by atoms with E-state index in [1.165, 1.54) is 0 Å². The van der Waals surface area contributed by atoms with Gasteiger partial charge in [0.2, 0.25) is 15.9 Å². The highest BCUT2D eigenvalue weighted by molar-refractivity contribution is 7.89. The number of ether oxygens (including phenoxy) is 2. The lowest BCUT2D eigenvalue weighted by atomic mass is 9.96. The molecule has 2 aromatic carbocycles. The summed E-state index contributed by atoms with van der Waals surface area (Å²) in [7, 11) is -3.30. The Morgan fingerprint density at radius 1 is 1.06 bits per heavy atom. The van der Waals surface area contributed by atoms with Crippen LogP contribution in [0.4, 0.5) is 0 Å². The maximum Gasteiger partial charge on any atom is 0.223 e. The van der Waals surface area contributed by atoms with Gasteiger partial charge in [0.1, 0.15) is 13.2 Å². The number of sulfonamides is 1. The van der Waals surface area contributed by atoms with Gasteiger partial charge in [0.05, 0.1) is 11.8 Å². The highest BCUT2D eigenvalue weighted by atomic mass is 32.2. The minimum absolute atomic E-state index is 0.0292. The number of aryl methyl sites for hydroxylation is 1. The summed E-state index contributed by atoms with van der Waals surface area (Å²) in [6.07, 6.45) is 2.42. The Hall–Kier alpha value is -2.58. The summed E-state index contributed by atoms with van der Waals surface area (Å²) in [5.41, 5.74) is 2.10. The molecule has 7 nitrogen and oxygen atoms in total. The van der Waals surface area contributed by atoms with Crippen LogP contribution in [0.2, 0.25) is 0 Å². The van der Waals surface area contributed by atoms with Crippen LogP contribution in [-0.2, 0) is 21.2 Å². The van der Waals surface area contributed by atoms with Gasteiger partial charge in [-0.1, -0.05) is 36.4 Å². The maximum atomic E-state index is 12.8. The molecule has 33 heavy (non-hydrogen) atoms. The van der Waals surface area contributed by atoms with Gasteiger partial charge in [0.25, 0.3) is 0 Å². The zero-order valence-corrected chi connectivity index (χ0v) is 19.9. The van der Waals surface area contributed by atoms with Crippen LogP contribution in [-0.4, -0.2) is 50.7 Å². The molecule has 0 saturated carbocycles. The smallest absolute Gasteiger partial charge is 0.223 e. The van der Waals surface area contributed by atoms with Gasteiger partial charge in [-0.2, -0.15) is 0 Å². The van der Waals surface area contributed by atoms with E-state index in [2.05, 4.69) is 5.32 Å². The molecule has 0 aromatic heterocycles. The third kappa shape index (κ3) is 6.06. The number of amides is 1. The first-order valence-electron chi connectivity index (χ1n) is 11.6. The van der Waals surface area contributed by atoms with Crippen molar-refractivity contribution in [2.24, 2.45) is 5.92 Å². The van der Waals surface area contributed by atoms with Crippen LogP contribution in [0.15, 0.2) is 48.5 Å². The van der Waals surface area contributed by atoms with Gasteiger partial charge >= 0.3 is 0 Å². The van der Waals surface area contributed by atoms with Crippen LogP contribution in [0.3, 0.4) is 0 Å². The lowest BCUT2D eigenvalue weighted by molar-refractivity contribution is -0.126. The van der Waals surface area contributed by atoms with E-state index in [-0.39, 0.29) is 23.6 Å². The maximum absolute atomic E-state index is 12.8. The quantitative estimate of drug-likeness (QED) is 0.637. The molecule has 1 fully saturated rings. The fourth-order valence-electron chi connectivity index (χ4n) is 4.37. The summed E-state index contributed by atoms with van der Waals surface area (Å²) >= 11 is 0. The average molecular weight is 473 g/mol. The van der Waals surface area contributed by atoms with E-state index >= 15 is 0 Å². The van der Waals surface area contributed by atoms with E-state index < -0.39 is 10.0 Å². The van der Waals surface area contributed by atoms with Crippen molar-refractivity contribution >= 4 is 15.9 Å². The lowest BCUT2D eigenvalue weighted by Crippen LogP contribution is -2.44. The molecule has 2 aliphatic heterocycles. The standard InChI is InChI=1S/C25H32N2O5S/c1-19(22-9-10-23-24(18-22)32-16-15-31-23)26-25(28)21-11-13-27(14-12-21)33(29,30)17-5-8-20-6-3-2-4-7-20/h2-4,6-7,9-10,18-19,21H,5,8,11-17H2,1H3,(H,26,28)/t19-/m1/s1. The molecule has 2 heterocycles. The number of rotatable bonds is 8. The summed E-state index contributed by atoms with van der Waals surface area (Å²) in [4.78, 5) is 12.8. The van der Waals surface area contributed by atoms with Crippen molar-refractivity contribution in [1.29, 1.82) is 0 Å². The van der Waals surface area contributed by atoms with E-state index in [4.69, 9.17) is 9.47 Å². The molecule has 178 valence electrons. The Labute approximate surface area is 196 Å². The zero-order valence-electron chi connectivity index (χ0n) is 19.0. The number of hydrogen-bond donors (Lipinski definition) is 1. The van der Waals surface area contributed by atoms with Gasteiger partial charge in [-0.25, -0.2) is 12.7 Å². The minimum atomic E-state index is -3.30. The van der Waals surface area contributed by atoms with Crippen LogP contribution in [0, 0.1) is 5.92 Å². The van der Waals surface area contributed by atoms with E-state index in [0.717, 1.165) is 23.3 Å². The molecule has 2 aromatic rings. The number of fused-ring (bicyclic) bond motifs is 1. The summed E-state index contributed by atoms with van der Waals surface area (Å²) in [5.74, 6) is 1.35. The Morgan fingerprint density at radius 3 is 2.48 bits per heavy atom. The fourth-order valence-corrected chi connectivity index (χ4v) is 5.91. The van der Waals surface area contributed by atoms with Crippen molar-refractivity contribution in [2.75, 3.05) is 32.1 Å². The first-order valence-corrected chi connectivity index (χ1v) is 13.2. The Kier molecular flexibility index (Phi) is 7.55. The van der Waals surface area contributed by atoms with Crippen LogP contribution >= 0.6 is 0 Å². The van der Waals surface area contributed by atoms with Crippen LogP contribution in [0.5, 0.6) is 11.5 Å². The van der Waals surface area contributed by atoms with Gasteiger partial charge < -0.3 is 14.8 Å². The summed E-state index contributed by atoms with van der Waals surface area (Å²) in [6.45, 7) is 3.79. The Bertz CT molecular complexity index is 1050. The number of carbonyl (C=O) groups excluding carboxylic acids is 1. The van der Waals surface area contributed by atoms with E-state index in [9.17, 15) is 13.2 Å². The normalized spacial score (nSPS) is 18.0. The molecule has 1 saturated heterocycles. The van der Waals surface area contributed by atoms with Crippen LogP contribution in [0.25, 0.3) is 0 Å². The summed E-state index contributed by atoms with van der Waals surface area (Å²) in [6, 6.07) is 15.5. The van der Waals surface area contributed by atoms with Gasteiger partial charge in [0.15, 0.2) is 11.5 Å². The fraction of sp³-hybridized carbons (Fsp3) is 0.480. The first kappa shape index (κ1) is 23.6. The average Bonchev–Trinajstić information content (AvgIpc) is 2.84. The molecule has 0 radical (unpaired) electrons. The van der Waals surface area contributed by atoms with E-state index in [1.54, 1.807) is 4.31 Å². The largest absolute Gasteiger partial charge is 0.486 e. The molecule has 8 heteroatoms. The monoisotopic (exact) mass is 472 g/mol. The number of carbonyl (C=O) groups is 1. The van der Waals surface area contributed by atoms with Crippen LogP contribution < -0.4 is 14.8 Å².